The summed E-state index contributed by atoms with van der Waals surface area (Å²) in [6.45, 7) is 0. The van der Waals surface area contributed by atoms with Gasteiger partial charge < -0.3 is 9.73 Å². The Balaban J connectivity index is 1.67. The number of nitrogens with one attached hydrogen (secondary N) is 1. The highest BCUT2D eigenvalue weighted by Crippen LogP contribution is 2.18. The maximum Gasteiger partial charge on any atom is 0.336 e. The molecule has 3 aromatic rings. The Kier molecular flexibility index (Phi) is 4.19. The normalized spacial score (nSPS) is 10.7. The number of amides is 1. The van der Waals surface area contributed by atoms with Crippen molar-refractivity contribution in [1.82, 2.24) is 0 Å². The fourth-order valence-electron chi connectivity index (χ4n) is 2.32. The minimum absolute atomic E-state index is 0.183. The molecule has 0 radical (unpaired) electrons. The third-order valence-electron chi connectivity index (χ3n) is 3.48. The highest BCUT2D eigenvalue weighted by molar-refractivity contribution is 5.93. The van der Waals surface area contributed by atoms with Crippen LogP contribution in [0.15, 0.2) is 63.8 Å². The molecule has 0 atom stereocenters. The Hall–Kier alpha value is -2.95. The first-order valence-corrected chi connectivity index (χ1v) is 7.19. The second-order valence-electron chi connectivity index (χ2n) is 5.15. The van der Waals surface area contributed by atoms with Gasteiger partial charge in [-0.25, -0.2) is 9.18 Å². The number of hydrogen-bond acceptors (Lipinski definition) is 3. The minimum atomic E-state index is -0.417. The van der Waals surface area contributed by atoms with Crippen LogP contribution in [0.1, 0.15) is 12.0 Å². The van der Waals surface area contributed by atoms with E-state index >= 15 is 0 Å². The zero-order chi connectivity index (χ0) is 16.2. The highest BCUT2D eigenvalue weighted by Gasteiger charge is 2.07. The lowest BCUT2D eigenvalue weighted by atomic mass is 10.1. The lowest BCUT2D eigenvalue weighted by Gasteiger charge is -2.07. The van der Waals surface area contributed by atoms with E-state index in [-0.39, 0.29) is 18.1 Å². The van der Waals surface area contributed by atoms with Crippen LogP contribution in [0.2, 0.25) is 0 Å². The van der Waals surface area contributed by atoms with Crippen molar-refractivity contribution in [2.75, 3.05) is 5.32 Å². The van der Waals surface area contributed by atoms with E-state index in [1.54, 1.807) is 42.5 Å². The number of rotatable bonds is 4. The molecule has 0 aliphatic heterocycles. The Labute approximate surface area is 131 Å². The zero-order valence-electron chi connectivity index (χ0n) is 12.2. The molecular formula is C18H14FNO3. The van der Waals surface area contributed by atoms with Gasteiger partial charge in [-0.3, -0.25) is 4.79 Å². The first kappa shape index (κ1) is 15.0. The van der Waals surface area contributed by atoms with E-state index in [0.29, 0.717) is 23.3 Å². The monoisotopic (exact) mass is 311 g/mol. The molecule has 0 unspecified atom stereocenters. The van der Waals surface area contributed by atoms with Crippen LogP contribution in [-0.4, -0.2) is 5.91 Å². The summed E-state index contributed by atoms with van der Waals surface area (Å²) in [5.74, 6) is -0.508. The number of benzene rings is 2. The van der Waals surface area contributed by atoms with Gasteiger partial charge in [0.2, 0.25) is 5.91 Å². The first-order chi connectivity index (χ1) is 11.1. The van der Waals surface area contributed by atoms with E-state index in [4.69, 9.17) is 4.42 Å². The predicted octanol–water partition coefficient (Wildman–Crippen LogP) is 3.50. The summed E-state index contributed by atoms with van der Waals surface area (Å²) >= 11 is 0. The predicted molar refractivity (Wildman–Crippen MR) is 85.8 cm³/mol. The molecule has 0 saturated carbocycles. The summed E-state index contributed by atoms with van der Waals surface area (Å²) in [7, 11) is 0. The number of fused-ring (bicyclic) bond motifs is 1. The van der Waals surface area contributed by atoms with Gasteiger partial charge in [0.25, 0.3) is 0 Å². The van der Waals surface area contributed by atoms with E-state index in [0.717, 1.165) is 5.39 Å². The highest BCUT2D eigenvalue weighted by atomic mass is 19.1. The molecule has 1 heterocycles. The summed E-state index contributed by atoms with van der Waals surface area (Å²) < 4.78 is 18.5. The minimum Gasteiger partial charge on any atom is -0.423 e. The summed E-state index contributed by atoms with van der Waals surface area (Å²) in [5, 5.41) is 3.48. The molecule has 116 valence electrons. The molecule has 0 bridgehead atoms. The van der Waals surface area contributed by atoms with E-state index in [1.165, 1.54) is 12.1 Å². The van der Waals surface area contributed by atoms with Crippen molar-refractivity contribution in [3.8, 4) is 0 Å². The van der Waals surface area contributed by atoms with Gasteiger partial charge in [-0.1, -0.05) is 18.2 Å². The van der Waals surface area contributed by atoms with E-state index in [2.05, 4.69) is 5.32 Å². The van der Waals surface area contributed by atoms with E-state index < -0.39 is 5.63 Å². The molecule has 3 rings (SSSR count). The molecule has 1 amide bonds. The molecule has 5 heteroatoms. The largest absolute Gasteiger partial charge is 0.423 e. The van der Waals surface area contributed by atoms with Gasteiger partial charge in [0.15, 0.2) is 0 Å². The topological polar surface area (TPSA) is 59.3 Å². The van der Waals surface area contributed by atoms with Gasteiger partial charge >= 0.3 is 5.63 Å². The van der Waals surface area contributed by atoms with Gasteiger partial charge in [-0.05, 0) is 42.3 Å². The standard InChI is InChI=1S/C18H14FNO3/c19-15-4-2-1-3-12(15)5-9-17(21)20-14-7-8-16-13(11-14)6-10-18(22)23-16/h1-4,6-8,10-11H,5,9H2,(H,20,21). The van der Waals surface area contributed by atoms with Gasteiger partial charge in [-0.15, -0.1) is 0 Å². The Morgan fingerprint density at radius 1 is 1.09 bits per heavy atom. The molecule has 2 aromatic carbocycles. The van der Waals surface area contributed by atoms with Gasteiger partial charge in [0.1, 0.15) is 11.4 Å². The van der Waals surface area contributed by atoms with Crippen LogP contribution in [0, 0.1) is 5.82 Å². The fraction of sp³-hybridized carbons (Fsp3) is 0.111. The van der Waals surface area contributed by atoms with Gasteiger partial charge in [0.05, 0.1) is 0 Å². The third kappa shape index (κ3) is 3.63. The second kappa shape index (κ2) is 6.44. The van der Waals surface area contributed by atoms with Crippen LogP contribution in [0.5, 0.6) is 0 Å². The molecule has 1 aromatic heterocycles. The van der Waals surface area contributed by atoms with Crippen LogP contribution in [0.3, 0.4) is 0 Å². The van der Waals surface area contributed by atoms with Gasteiger partial charge in [-0.2, -0.15) is 0 Å². The van der Waals surface area contributed by atoms with Crippen molar-refractivity contribution in [2.24, 2.45) is 0 Å². The van der Waals surface area contributed by atoms with Crippen LogP contribution in [0.4, 0.5) is 10.1 Å². The number of carbonyl (C=O) groups excluding carboxylic acids is 1. The second-order valence-corrected chi connectivity index (χ2v) is 5.15. The average molecular weight is 311 g/mol. The quantitative estimate of drug-likeness (QED) is 0.750. The van der Waals surface area contributed by atoms with Crippen LogP contribution >= 0.6 is 0 Å². The van der Waals surface area contributed by atoms with Crippen LogP contribution in [-0.2, 0) is 11.2 Å². The average Bonchev–Trinajstić information content (AvgIpc) is 2.54. The zero-order valence-corrected chi connectivity index (χ0v) is 12.2. The van der Waals surface area contributed by atoms with E-state index in [9.17, 15) is 14.0 Å². The van der Waals surface area contributed by atoms with Crippen LogP contribution < -0.4 is 10.9 Å². The summed E-state index contributed by atoms with van der Waals surface area (Å²) in [4.78, 5) is 23.1. The van der Waals surface area contributed by atoms with Gasteiger partial charge in [0, 0.05) is 23.6 Å². The van der Waals surface area contributed by atoms with Crippen molar-refractivity contribution >= 4 is 22.6 Å². The third-order valence-corrected chi connectivity index (χ3v) is 3.48. The molecule has 0 spiro atoms. The molecular weight excluding hydrogens is 297 g/mol. The molecule has 0 fully saturated rings. The Bertz CT molecular complexity index is 917. The fourth-order valence-corrected chi connectivity index (χ4v) is 2.32. The lowest BCUT2D eigenvalue weighted by molar-refractivity contribution is -0.116. The lowest BCUT2D eigenvalue weighted by Crippen LogP contribution is -2.12. The number of anilines is 1. The molecule has 0 saturated heterocycles. The molecule has 4 nitrogen and oxygen atoms in total. The van der Waals surface area contributed by atoms with Crippen LogP contribution in [0.25, 0.3) is 11.0 Å². The van der Waals surface area contributed by atoms with E-state index in [1.807, 2.05) is 0 Å². The number of hydrogen-bond donors (Lipinski definition) is 1. The smallest absolute Gasteiger partial charge is 0.336 e. The van der Waals surface area contributed by atoms with Crippen molar-refractivity contribution < 1.29 is 13.6 Å². The molecule has 0 aliphatic carbocycles. The van der Waals surface area contributed by atoms with Crippen molar-refractivity contribution in [3.05, 3.63) is 76.4 Å². The van der Waals surface area contributed by atoms with Crippen molar-refractivity contribution in [2.45, 2.75) is 12.8 Å². The molecule has 0 aliphatic rings. The molecule has 1 N–H and O–H groups in total. The number of aryl methyl sites for hydroxylation is 1. The van der Waals surface area contributed by atoms with Crippen molar-refractivity contribution in [1.29, 1.82) is 0 Å². The maximum atomic E-state index is 13.5. The first-order valence-electron chi connectivity index (χ1n) is 7.19. The van der Waals surface area contributed by atoms with Crippen molar-refractivity contribution in [3.63, 3.8) is 0 Å². The Morgan fingerprint density at radius 3 is 2.74 bits per heavy atom. The molecule has 23 heavy (non-hydrogen) atoms. The summed E-state index contributed by atoms with van der Waals surface area (Å²) in [6, 6.07) is 14.4. The number of halogens is 1. The Morgan fingerprint density at radius 2 is 1.91 bits per heavy atom. The number of carbonyl (C=O) groups is 1. The maximum absolute atomic E-state index is 13.5. The summed E-state index contributed by atoms with van der Waals surface area (Å²) in [5.41, 5.74) is 1.16. The summed E-state index contributed by atoms with van der Waals surface area (Å²) in [6.07, 6.45) is 0.518. The SMILES string of the molecule is O=C(CCc1ccccc1F)Nc1ccc2oc(=O)ccc2c1.